The first-order valence-corrected chi connectivity index (χ1v) is 12.8. The zero-order valence-corrected chi connectivity index (χ0v) is 21.0. The van der Waals surface area contributed by atoms with Crippen LogP contribution in [0, 0.1) is 31.6 Å². The average Bonchev–Trinajstić information content (AvgIpc) is 3.77. The van der Waals surface area contributed by atoms with Crippen LogP contribution in [0.2, 0.25) is 0 Å². The van der Waals surface area contributed by atoms with Gasteiger partial charge in [0.2, 0.25) is 5.91 Å². The van der Waals surface area contributed by atoms with Crippen LogP contribution < -0.4 is 10.6 Å². The Balaban J connectivity index is 1.35. The largest absolute Gasteiger partial charge is 0.391 e. The SMILES string of the molecule is Cc1n[nH]c(C)c1-c1ccc(NC(=O)C(NC(=O)c2ccnn2CC(C)O)C(C2CC2)C2CC2)cc1. The first-order valence-electron chi connectivity index (χ1n) is 12.8. The molecule has 0 radical (unpaired) electrons. The number of aryl methyl sites for hydroxylation is 2. The first kappa shape index (κ1) is 24.2. The Morgan fingerprint density at radius 2 is 1.78 bits per heavy atom. The van der Waals surface area contributed by atoms with Gasteiger partial charge in [0.15, 0.2) is 0 Å². The van der Waals surface area contributed by atoms with Crippen LogP contribution in [0.1, 0.15) is 54.5 Å². The molecule has 0 saturated heterocycles. The lowest BCUT2D eigenvalue weighted by Gasteiger charge is -2.27. The van der Waals surface area contributed by atoms with Crippen molar-refractivity contribution in [3.05, 3.63) is 53.6 Å². The van der Waals surface area contributed by atoms with Gasteiger partial charge in [-0.25, -0.2) is 0 Å². The number of hydrogen-bond donors (Lipinski definition) is 4. The molecule has 36 heavy (non-hydrogen) atoms. The minimum absolute atomic E-state index is 0.123. The van der Waals surface area contributed by atoms with Gasteiger partial charge < -0.3 is 15.7 Å². The number of hydrogen-bond acceptors (Lipinski definition) is 5. The number of aromatic nitrogens is 4. The van der Waals surface area contributed by atoms with Gasteiger partial charge in [0.1, 0.15) is 11.7 Å². The minimum Gasteiger partial charge on any atom is -0.391 e. The lowest BCUT2D eigenvalue weighted by molar-refractivity contribution is -0.119. The van der Waals surface area contributed by atoms with Crippen LogP contribution in [-0.2, 0) is 11.3 Å². The molecule has 3 aromatic rings. The summed E-state index contributed by atoms with van der Waals surface area (Å²) in [6.07, 6.45) is 5.28. The van der Waals surface area contributed by atoms with E-state index in [1.807, 2.05) is 38.1 Å². The number of aliphatic hydroxyl groups excluding tert-OH is 1. The zero-order valence-electron chi connectivity index (χ0n) is 21.0. The maximum Gasteiger partial charge on any atom is 0.270 e. The average molecular weight is 491 g/mol. The third-order valence-corrected chi connectivity index (χ3v) is 7.24. The lowest BCUT2D eigenvalue weighted by Crippen LogP contribution is -2.50. The normalized spacial score (nSPS) is 17.1. The first-order chi connectivity index (χ1) is 17.3. The van der Waals surface area contributed by atoms with Crippen molar-refractivity contribution in [3.63, 3.8) is 0 Å². The van der Waals surface area contributed by atoms with Crippen molar-refractivity contribution in [3.8, 4) is 11.1 Å². The van der Waals surface area contributed by atoms with Gasteiger partial charge in [-0.2, -0.15) is 10.2 Å². The number of anilines is 1. The number of nitrogens with zero attached hydrogens (tertiary/aromatic N) is 3. The molecule has 5 rings (SSSR count). The topological polar surface area (TPSA) is 125 Å². The highest BCUT2D eigenvalue weighted by Gasteiger charge is 2.48. The van der Waals surface area contributed by atoms with E-state index < -0.39 is 12.1 Å². The maximum absolute atomic E-state index is 13.6. The highest BCUT2D eigenvalue weighted by atomic mass is 16.3. The Morgan fingerprint density at radius 1 is 1.11 bits per heavy atom. The molecule has 190 valence electrons. The van der Waals surface area contributed by atoms with Crippen LogP contribution in [0.15, 0.2) is 36.5 Å². The van der Waals surface area contributed by atoms with Crippen LogP contribution >= 0.6 is 0 Å². The Bertz CT molecular complexity index is 1210. The summed E-state index contributed by atoms with van der Waals surface area (Å²) in [5.74, 6) is 0.506. The van der Waals surface area contributed by atoms with Gasteiger partial charge in [-0.3, -0.25) is 19.4 Å². The van der Waals surface area contributed by atoms with E-state index in [9.17, 15) is 14.7 Å². The van der Waals surface area contributed by atoms with Crippen LogP contribution in [0.25, 0.3) is 11.1 Å². The van der Waals surface area contributed by atoms with Gasteiger partial charge in [0, 0.05) is 23.1 Å². The van der Waals surface area contributed by atoms with Crippen molar-refractivity contribution < 1.29 is 14.7 Å². The number of aliphatic hydroxyl groups is 1. The van der Waals surface area contributed by atoms with Gasteiger partial charge in [0.25, 0.3) is 5.91 Å². The van der Waals surface area contributed by atoms with Crippen LogP contribution in [0.4, 0.5) is 5.69 Å². The van der Waals surface area contributed by atoms with E-state index in [0.717, 1.165) is 48.2 Å². The third-order valence-electron chi connectivity index (χ3n) is 7.24. The Labute approximate surface area is 210 Å². The van der Waals surface area contributed by atoms with Crippen LogP contribution in [-0.4, -0.2) is 49.0 Å². The van der Waals surface area contributed by atoms with Crippen molar-refractivity contribution in [2.75, 3.05) is 5.32 Å². The molecule has 9 heteroatoms. The van der Waals surface area contributed by atoms with Crippen molar-refractivity contribution in [2.24, 2.45) is 17.8 Å². The Hall–Kier alpha value is -3.46. The fraction of sp³-hybridized carbons (Fsp3) is 0.481. The molecule has 2 aliphatic carbocycles. The number of benzene rings is 1. The van der Waals surface area contributed by atoms with Crippen molar-refractivity contribution in [1.29, 1.82) is 0 Å². The highest BCUT2D eigenvalue weighted by molar-refractivity contribution is 6.01. The number of amides is 2. The van der Waals surface area contributed by atoms with Crippen molar-refractivity contribution in [1.82, 2.24) is 25.3 Å². The second-order valence-electron chi connectivity index (χ2n) is 10.3. The molecule has 9 nitrogen and oxygen atoms in total. The molecule has 2 heterocycles. The molecular weight excluding hydrogens is 456 g/mol. The summed E-state index contributed by atoms with van der Waals surface area (Å²) < 4.78 is 1.48. The van der Waals surface area contributed by atoms with E-state index in [1.165, 1.54) is 10.9 Å². The molecule has 2 atom stereocenters. The fourth-order valence-electron chi connectivity index (χ4n) is 5.28. The summed E-state index contributed by atoms with van der Waals surface area (Å²) in [6.45, 7) is 5.81. The number of carbonyl (C=O) groups excluding carboxylic acids is 2. The van der Waals surface area contributed by atoms with Crippen molar-refractivity contribution in [2.45, 2.75) is 65.1 Å². The van der Waals surface area contributed by atoms with Crippen LogP contribution in [0.3, 0.4) is 0 Å². The Kier molecular flexibility index (Phi) is 6.66. The summed E-state index contributed by atoms with van der Waals surface area (Å²) in [6, 6.07) is 8.71. The predicted molar refractivity (Wildman–Crippen MR) is 136 cm³/mol. The third kappa shape index (κ3) is 5.21. The Morgan fingerprint density at radius 3 is 2.33 bits per heavy atom. The molecule has 1 aromatic carbocycles. The summed E-state index contributed by atoms with van der Waals surface area (Å²) in [7, 11) is 0. The van der Waals surface area contributed by atoms with Crippen molar-refractivity contribution >= 4 is 17.5 Å². The van der Waals surface area contributed by atoms with E-state index in [0.29, 0.717) is 23.2 Å². The van der Waals surface area contributed by atoms with E-state index in [4.69, 9.17) is 0 Å². The van der Waals surface area contributed by atoms with Gasteiger partial charge in [-0.05, 0) is 88.0 Å². The molecule has 2 aromatic heterocycles. The molecule has 2 saturated carbocycles. The second-order valence-corrected chi connectivity index (χ2v) is 10.3. The molecule has 0 bridgehead atoms. The standard InChI is InChI=1S/C27H34N6O3/c1-15(34)14-33-22(12-13-28-33)26(35)30-25(24(19-4-5-19)20-6-7-20)27(36)29-21-10-8-18(9-11-21)23-16(2)31-32-17(23)3/h8-13,15,19-20,24-25,34H,4-7,14H2,1-3H3,(H,29,36)(H,30,35)(H,31,32). The quantitative estimate of drug-likeness (QED) is 0.346. The van der Waals surface area contributed by atoms with Gasteiger partial charge in [-0.15, -0.1) is 0 Å². The number of rotatable bonds is 10. The summed E-state index contributed by atoms with van der Waals surface area (Å²) >= 11 is 0. The molecule has 0 aliphatic heterocycles. The number of carbonyl (C=O) groups is 2. The number of nitrogens with one attached hydrogen (secondary N) is 3. The molecule has 4 N–H and O–H groups in total. The van der Waals surface area contributed by atoms with Gasteiger partial charge in [-0.1, -0.05) is 12.1 Å². The monoisotopic (exact) mass is 490 g/mol. The number of aromatic amines is 1. The molecule has 2 amide bonds. The summed E-state index contributed by atoms with van der Waals surface area (Å²) in [4.78, 5) is 26.9. The van der Waals surface area contributed by atoms with E-state index >= 15 is 0 Å². The molecule has 2 aliphatic rings. The molecule has 2 fully saturated rings. The van der Waals surface area contributed by atoms with E-state index in [2.05, 4.69) is 25.9 Å². The van der Waals surface area contributed by atoms with Gasteiger partial charge in [0.05, 0.1) is 18.3 Å². The molecule has 2 unspecified atom stereocenters. The maximum atomic E-state index is 13.6. The summed E-state index contributed by atoms with van der Waals surface area (Å²) in [5, 5.41) is 27.3. The molecule has 0 spiro atoms. The lowest BCUT2D eigenvalue weighted by atomic mass is 9.88. The van der Waals surface area contributed by atoms with Gasteiger partial charge >= 0.3 is 0 Å². The van der Waals surface area contributed by atoms with E-state index in [-0.39, 0.29) is 24.3 Å². The zero-order chi connectivity index (χ0) is 25.4. The predicted octanol–water partition coefficient (Wildman–Crippen LogP) is 3.44. The number of H-pyrrole nitrogens is 1. The smallest absolute Gasteiger partial charge is 0.270 e. The fourth-order valence-corrected chi connectivity index (χ4v) is 5.28. The van der Waals surface area contributed by atoms with E-state index in [1.54, 1.807) is 13.0 Å². The summed E-state index contributed by atoms with van der Waals surface area (Å²) in [5.41, 5.74) is 5.05. The molecular formula is C27H34N6O3. The minimum atomic E-state index is -0.640. The highest BCUT2D eigenvalue weighted by Crippen LogP contribution is 2.51. The van der Waals surface area contributed by atoms with Crippen LogP contribution in [0.5, 0.6) is 0 Å². The second kappa shape index (κ2) is 9.89.